The number of hydrogen-bond donors (Lipinski definition) is 3. The number of ether oxygens (including phenoxy) is 3. The number of imidazole rings is 1. The highest BCUT2D eigenvalue weighted by molar-refractivity contribution is 5.84. The van der Waals surface area contributed by atoms with Gasteiger partial charge in [-0.1, -0.05) is 33.1 Å². The number of alkyl halides is 1. The lowest BCUT2D eigenvalue weighted by Gasteiger charge is -2.29. The van der Waals surface area contributed by atoms with Crippen LogP contribution in [0.1, 0.15) is 65.5 Å². The predicted octanol–water partition coefficient (Wildman–Crippen LogP) is 2.48. The van der Waals surface area contributed by atoms with E-state index in [9.17, 15) is 9.59 Å². The van der Waals surface area contributed by atoms with Crippen molar-refractivity contribution in [1.82, 2.24) is 19.5 Å². The maximum absolute atomic E-state index is 16.6. The Bertz CT molecular complexity index is 1150. The number of esters is 2. The Morgan fingerprint density at radius 2 is 2.00 bits per heavy atom. The van der Waals surface area contributed by atoms with Crippen LogP contribution in [0.2, 0.25) is 0 Å². The molecule has 5 atom stereocenters. The number of hydrogen-bond acceptors (Lipinski definition) is 11. The lowest BCUT2D eigenvalue weighted by atomic mass is 9.87. The standard InChI is InChI=1S/C25H38FN7O5/c1-13(2)17(27)22(35)38-19-15(11-36-16(34)10-14-8-6-5-7-9-14)37-23(25(19,3)26)33-12-30-18-20(29-4)31-24(28)32-21(18)33/h12-15,17,19,23H,5-11,27H2,1-4H3,(H3,28,29,31,32)/t15-,17+,19-,23-,25-/m1/s1. The molecule has 0 aromatic carbocycles. The highest BCUT2D eigenvalue weighted by Crippen LogP contribution is 2.44. The Kier molecular flexibility index (Phi) is 8.36. The van der Waals surface area contributed by atoms with E-state index in [1.54, 1.807) is 20.9 Å². The van der Waals surface area contributed by atoms with Crippen LogP contribution >= 0.6 is 0 Å². The van der Waals surface area contributed by atoms with Crippen LogP contribution in [-0.4, -0.2) is 69.0 Å². The zero-order valence-corrected chi connectivity index (χ0v) is 22.4. The monoisotopic (exact) mass is 535 g/mol. The minimum Gasteiger partial charge on any atom is -0.463 e. The quantitative estimate of drug-likeness (QED) is 0.403. The van der Waals surface area contributed by atoms with Gasteiger partial charge in [0, 0.05) is 13.5 Å². The molecule has 13 heteroatoms. The first-order chi connectivity index (χ1) is 18.0. The van der Waals surface area contributed by atoms with Gasteiger partial charge in [-0.15, -0.1) is 0 Å². The van der Waals surface area contributed by atoms with Crippen molar-refractivity contribution < 1.29 is 28.2 Å². The van der Waals surface area contributed by atoms with Crippen molar-refractivity contribution >= 4 is 34.9 Å². The van der Waals surface area contributed by atoms with E-state index in [0.29, 0.717) is 17.8 Å². The van der Waals surface area contributed by atoms with Crippen LogP contribution < -0.4 is 16.8 Å². The van der Waals surface area contributed by atoms with Gasteiger partial charge in [0.1, 0.15) is 18.8 Å². The summed E-state index contributed by atoms with van der Waals surface area (Å²) < 4.78 is 35.1. The number of rotatable bonds is 9. The molecule has 1 saturated heterocycles. The number of carbonyl (C=O) groups excluding carboxylic acids is 2. The second kappa shape index (κ2) is 11.4. The third kappa shape index (κ3) is 5.68. The molecule has 4 rings (SSSR count). The first kappa shape index (κ1) is 28.0. The van der Waals surface area contributed by atoms with Crippen molar-refractivity contribution in [2.75, 3.05) is 24.7 Å². The van der Waals surface area contributed by atoms with Crippen LogP contribution in [0.5, 0.6) is 0 Å². The molecule has 0 bridgehead atoms. The summed E-state index contributed by atoms with van der Waals surface area (Å²) in [5.41, 5.74) is 10.2. The summed E-state index contributed by atoms with van der Waals surface area (Å²) in [7, 11) is 1.65. The first-order valence-corrected chi connectivity index (χ1v) is 13.2. The van der Waals surface area contributed by atoms with Crippen LogP contribution in [0.3, 0.4) is 0 Å². The fraction of sp³-hybridized carbons (Fsp3) is 0.720. The third-order valence-electron chi connectivity index (χ3n) is 7.43. The maximum Gasteiger partial charge on any atom is 0.323 e. The summed E-state index contributed by atoms with van der Waals surface area (Å²) in [6, 6.07) is -0.959. The first-order valence-electron chi connectivity index (χ1n) is 13.2. The van der Waals surface area contributed by atoms with Crippen molar-refractivity contribution in [2.24, 2.45) is 17.6 Å². The molecule has 210 valence electrons. The molecule has 0 spiro atoms. The van der Waals surface area contributed by atoms with E-state index in [1.807, 2.05) is 0 Å². The van der Waals surface area contributed by atoms with Crippen LogP contribution in [0.4, 0.5) is 16.2 Å². The smallest absolute Gasteiger partial charge is 0.323 e. The highest BCUT2D eigenvalue weighted by Gasteiger charge is 2.59. The fourth-order valence-electron chi connectivity index (χ4n) is 5.15. The van der Waals surface area contributed by atoms with Gasteiger partial charge in [0.25, 0.3) is 0 Å². The second-order valence-corrected chi connectivity index (χ2v) is 10.7. The largest absolute Gasteiger partial charge is 0.463 e. The Labute approximate surface area is 221 Å². The number of fused-ring (bicyclic) bond motifs is 1. The molecule has 0 unspecified atom stereocenters. The van der Waals surface area contributed by atoms with E-state index in [0.717, 1.165) is 25.7 Å². The van der Waals surface area contributed by atoms with Crippen LogP contribution in [0, 0.1) is 11.8 Å². The number of nitrogens with two attached hydrogens (primary N) is 2. The number of nitrogens with one attached hydrogen (secondary N) is 1. The summed E-state index contributed by atoms with van der Waals surface area (Å²) in [5, 5.41) is 2.89. The SMILES string of the molecule is CNc1nc(N)nc2c1ncn2[C@@H]1O[C@H](COC(=O)CC2CCCCC2)[C@@H](OC(=O)[C@@H](N)C(C)C)[C@@]1(C)F. The van der Waals surface area contributed by atoms with Gasteiger partial charge in [-0.2, -0.15) is 9.97 Å². The van der Waals surface area contributed by atoms with Gasteiger partial charge >= 0.3 is 11.9 Å². The summed E-state index contributed by atoms with van der Waals surface area (Å²) in [6.45, 7) is 4.50. The molecule has 2 aromatic rings. The molecule has 1 aliphatic carbocycles. The predicted molar refractivity (Wildman–Crippen MR) is 138 cm³/mol. The molecule has 2 fully saturated rings. The molecule has 2 aromatic heterocycles. The molecule has 1 saturated carbocycles. The molecule has 3 heterocycles. The maximum atomic E-state index is 16.6. The normalized spacial score (nSPS) is 27.0. The Morgan fingerprint density at radius 3 is 2.66 bits per heavy atom. The minimum atomic E-state index is -2.26. The number of nitrogen functional groups attached to an aromatic ring is 1. The van der Waals surface area contributed by atoms with Gasteiger partial charge < -0.3 is 31.0 Å². The van der Waals surface area contributed by atoms with Gasteiger partial charge in [-0.3, -0.25) is 14.2 Å². The van der Waals surface area contributed by atoms with E-state index in [2.05, 4.69) is 20.3 Å². The van der Waals surface area contributed by atoms with E-state index in [-0.39, 0.29) is 36.0 Å². The number of halogens is 1. The van der Waals surface area contributed by atoms with E-state index < -0.39 is 36.1 Å². The zero-order valence-electron chi connectivity index (χ0n) is 22.4. The van der Waals surface area contributed by atoms with Gasteiger partial charge in [0.05, 0.1) is 6.33 Å². The minimum absolute atomic E-state index is 0.0405. The molecule has 0 radical (unpaired) electrons. The molecule has 5 N–H and O–H groups in total. The number of anilines is 2. The van der Waals surface area contributed by atoms with Crippen molar-refractivity contribution in [1.29, 1.82) is 0 Å². The zero-order chi connectivity index (χ0) is 27.6. The van der Waals surface area contributed by atoms with Crippen molar-refractivity contribution in [3.05, 3.63) is 6.33 Å². The van der Waals surface area contributed by atoms with Crippen LogP contribution in [-0.2, 0) is 23.8 Å². The van der Waals surface area contributed by atoms with E-state index in [4.69, 9.17) is 25.7 Å². The number of aromatic nitrogens is 4. The van der Waals surface area contributed by atoms with Crippen molar-refractivity contribution in [3.8, 4) is 0 Å². The lowest BCUT2D eigenvalue weighted by molar-refractivity contribution is -0.163. The third-order valence-corrected chi connectivity index (χ3v) is 7.43. The molecular formula is C25H38FN7O5. The molecular weight excluding hydrogens is 497 g/mol. The highest BCUT2D eigenvalue weighted by atomic mass is 19.1. The average molecular weight is 536 g/mol. The van der Waals surface area contributed by atoms with E-state index >= 15 is 4.39 Å². The number of nitrogens with zero attached hydrogens (tertiary/aromatic N) is 4. The topological polar surface area (TPSA) is 170 Å². The summed E-state index contributed by atoms with van der Waals surface area (Å²) in [6.07, 6.45) is 3.19. The molecule has 2 aliphatic rings. The molecule has 1 aliphatic heterocycles. The van der Waals surface area contributed by atoms with Gasteiger partial charge in [0.15, 0.2) is 35.0 Å². The lowest BCUT2D eigenvalue weighted by Crippen LogP contribution is -2.48. The second-order valence-electron chi connectivity index (χ2n) is 10.7. The van der Waals surface area contributed by atoms with Gasteiger partial charge in [0.2, 0.25) is 5.95 Å². The van der Waals surface area contributed by atoms with Gasteiger partial charge in [-0.25, -0.2) is 9.37 Å². The van der Waals surface area contributed by atoms with Gasteiger partial charge in [-0.05, 0) is 31.6 Å². The Balaban J connectivity index is 1.59. The Morgan fingerprint density at radius 1 is 1.29 bits per heavy atom. The summed E-state index contributed by atoms with van der Waals surface area (Å²) >= 11 is 0. The summed E-state index contributed by atoms with van der Waals surface area (Å²) in [5.74, 6) is -0.779. The van der Waals surface area contributed by atoms with E-state index in [1.165, 1.54) is 24.2 Å². The Hall–Kier alpha value is -3.06. The van der Waals surface area contributed by atoms with Crippen LogP contribution in [0.25, 0.3) is 11.2 Å². The van der Waals surface area contributed by atoms with Crippen LogP contribution in [0.15, 0.2) is 6.33 Å². The number of carbonyl (C=O) groups is 2. The fourth-order valence-corrected chi connectivity index (χ4v) is 5.15. The average Bonchev–Trinajstić information content (AvgIpc) is 3.40. The summed E-state index contributed by atoms with van der Waals surface area (Å²) in [4.78, 5) is 38.0. The molecule has 38 heavy (non-hydrogen) atoms. The van der Waals surface area contributed by atoms with Crippen molar-refractivity contribution in [3.63, 3.8) is 0 Å². The van der Waals surface area contributed by atoms with Crippen molar-refractivity contribution in [2.45, 2.75) is 89.4 Å². The molecule has 12 nitrogen and oxygen atoms in total. The molecule has 0 amide bonds.